The van der Waals surface area contributed by atoms with Crippen molar-refractivity contribution in [2.45, 2.75) is 222 Å². The molecule has 3 aliphatic heterocycles. The minimum Gasteiger partial charge on any atom is -0.367 e. The fourth-order valence-electron chi connectivity index (χ4n) is 20.5. The van der Waals surface area contributed by atoms with Gasteiger partial charge in [-0.15, -0.1) is 0 Å². The molecule has 0 radical (unpaired) electrons. The van der Waals surface area contributed by atoms with Crippen LogP contribution in [-0.2, 0) is 0 Å². The van der Waals surface area contributed by atoms with Crippen LogP contribution in [-0.4, -0.2) is 68.6 Å². The Labute approximate surface area is 664 Å². The lowest BCUT2D eigenvalue weighted by atomic mass is 9.89. The Balaban J connectivity index is 0.000000153. The van der Waals surface area contributed by atoms with Gasteiger partial charge < -0.3 is 14.5 Å². The van der Waals surface area contributed by atoms with Gasteiger partial charge in [-0.2, -0.15) is 19.9 Å². The molecular weight excluding hydrogens is 1400 g/mol. The summed E-state index contributed by atoms with van der Waals surface area (Å²) in [6, 6.07) is 0. The molecule has 0 fully saturated rings. The first kappa shape index (κ1) is 72.5. The van der Waals surface area contributed by atoms with Crippen molar-refractivity contribution < 1.29 is 8.97 Å². The maximum absolute atomic E-state index is 5.86. The number of nitrogens with one attached hydrogen (secondary N) is 2. The van der Waals surface area contributed by atoms with Gasteiger partial charge in [0.2, 0.25) is 11.3 Å². The summed E-state index contributed by atoms with van der Waals surface area (Å²) in [5.41, 5.74) is 53.9. The van der Waals surface area contributed by atoms with Crippen LogP contribution in [0, 0.1) is 229 Å². The van der Waals surface area contributed by atoms with E-state index >= 15 is 0 Å². The molecule has 0 saturated heterocycles. The first-order valence-electron chi connectivity index (χ1n) is 40.2. The van der Waals surface area contributed by atoms with Crippen LogP contribution in [0.3, 0.4) is 0 Å². The number of H-pyrrole nitrogens is 2. The monoisotopic (exact) mass is 1500 g/mol. The normalized spacial score (nSPS) is 12.6. The maximum atomic E-state index is 5.86. The van der Waals surface area contributed by atoms with Crippen LogP contribution in [0.5, 0.6) is 0 Å². The van der Waals surface area contributed by atoms with Gasteiger partial charge in [0.25, 0.3) is 5.78 Å². The summed E-state index contributed by atoms with van der Waals surface area (Å²) in [6.07, 6.45) is 0. The van der Waals surface area contributed by atoms with Gasteiger partial charge in [-0.1, -0.05) is 7.05 Å². The molecule has 0 atom stereocenters. The summed E-state index contributed by atoms with van der Waals surface area (Å²) >= 11 is 0. The number of hydrogen-bond donors (Lipinski definition) is 2. The highest BCUT2D eigenvalue weighted by molar-refractivity contribution is 6.17. The SMILES string of the molecule is Cc1c(C)c(C)c2c(c1C)-c1nc-2nc2[nH]c(nc3nc(nc4[nH]c(n1)c1c(C)c(C)c(C)c(C)c41)-c1c(C)c(C)c(C)c(C)c1-3)c1c(C)c(C)c(C)c(C)c21.[CH2-][n+]1c2nc3c4c(C)c(C)c(C)c(C)c4c4nc5c6c(C)c(C)c(C)c(C)c6c6nc7c8c(C)c(C)c(C)c(C)c8c(nc1-c1c(C)c(C)c(C)c(C)c1-2)n7[c-](n34)[n+]56. The van der Waals surface area contributed by atoms with Crippen LogP contribution in [0.15, 0.2) is 0 Å². The van der Waals surface area contributed by atoms with Gasteiger partial charge in [-0.3, -0.25) is 4.40 Å². The van der Waals surface area contributed by atoms with Crippen molar-refractivity contribution in [3.05, 3.63) is 185 Å². The summed E-state index contributed by atoms with van der Waals surface area (Å²) in [6.45, 7) is 71.1. The predicted octanol–water partition coefficient (Wildman–Crippen LogP) is 22.3. The molecule has 16 nitrogen and oxygen atoms in total. The molecule has 572 valence electrons. The second kappa shape index (κ2) is 23.7. The average molecular weight is 1500 g/mol. The van der Waals surface area contributed by atoms with Gasteiger partial charge in [-0.25, -0.2) is 38.7 Å². The minimum atomic E-state index is 0.650. The van der Waals surface area contributed by atoms with E-state index in [9.17, 15) is 0 Å². The van der Waals surface area contributed by atoms with E-state index in [1.807, 2.05) is 4.57 Å². The lowest BCUT2D eigenvalue weighted by Gasteiger charge is -2.16. The molecule has 17 aromatic rings. The van der Waals surface area contributed by atoms with Crippen LogP contribution in [0.2, 0.25) is 0 Å². The van der Waals surface area contributed by atoms with Crippen molar-refractivity contribution in [1.29, 1.82) is 0 Å². The lowest BCUT2D eigenvalue weighted by molar-refractivity contribution is -0.590. The first-order chi connectivity index (χ1) is 53.9. The number of fused-ring (bicyclic) bond motifs is 34. The van der Waals surface area contributed by atoms with E-state index < -0.39 is 0 Å². The quantitative estimate of drug-likeness (QED) is 0.110. The number of aromatic nitrogens is 16. The van der Waals surface area contributed by atoms with Crippen molar-refractivity contribution in [2.24, 2.45) is 0 Å². The highest BCUT2D eigenvalue weighted by atomic mass is 15.3. The number of rotatable bonds is 0. The van der Waals surface area contributed by atoms with E-state index in [1.54, 1.807) is 0 Å². The van der Waals surface area contributed by atoms with Crippen LogP contribution in [0.1, 0.15) is 178 Å². The van der Waals surface area contributed by atoms with Gasteiger partial charge in [-0.05, 0) is 411 Å². The van der Waals surface area contributed by atoms with Crippen molar-refractivity contribution in [3.8, 4) is 68.3 Å². The van der Waals surface area contributed by atoms with E-state index in [0.717, 1.165) is 183 Å². The van der Waals surface area contributed by atoms with Crippen LogP contribution in [0.25, 0.3) is 184 Å². The zero-order valence-corrected chi connectivity index (χ0v) is 72.5. The van der Waals surface area contributed by atoms with E-state index in [1.165, 1.54) is 156 Å². The summed E-state index contributed by atoms with van der Waals surface area (Å²) in [4.78, 5) is 63.4. The van der Waals surface area contributed by atoms with Gasteiger partial charge in [0, 0.05) is 76.1 Å². The van der Waals surface area contributed by atoms with Gasteiger partial charge in [0.1, 0.15) is 22.6 Å². The number of aromatic amines is 2. The van der Waals surface area contributed by atoms with Crippen LogP contribution < -0.4 is 8.97 Å². The zero-order chi connectivity index (χ0) is 81.3. The van der Waals surface area contributed by atoms with Crippen LogP contribution >= 0.6 is 0 Å². The third-order valence-electron chi connectivity index (χ3n) is 30.1. The van der Waals surface area contributed by atoms with Crippen molar-refractivity contribution in [1.82, 2.24) is 68.6 Å². The minimum absolute atomic E-state index is 0.650. The summed E-state index contributed by atoms with van der Waals surface area (Å²) in [5, 5.41) is 11.1. The molecule has 0 amide bonds. The zero-order valence-electron chi connectivity index (χ0n) is 72.5. The van der Waals surface area contributed by atoms with E-state index in [4.69, 9.17) is 56.9 Å². The highest BCUT2D eigenvalue weighted by Gasteiger charge is 2.37. The van der Waals surface area contributed by atoms with Crippen molar-refractivity contribution in [3.63, 3.8) is 0 Å². The number of aryl methyl sites for hydroxylation is 10. The first-order valence-corrected chi connectivity index (χ1v) is 40.2. The van der Waals surface area contributed by atoms with Gasteiger partial charge in [0.05, 0.1) is 0 Å². The molecule has 9 aromatic heterocycles. The standard InChI is InChI=1S/C50H50N8.C48H50N8/c1-18-19(2)27(10)35-34(26(18)9)42-51-44-36-28(11)20(3)22(5)30(13)38(36)46-53-48-40-32(15)24(7)25(8)33(16)41(40)49-54-47-39-31(14)23(6)21(4)29(12)37(39)45(52-43(35)55(42)17)57(47)50(56(44)46)58(48)49;1-17-18(2)26(10)34-33(25(17)9)41-49-42(34)54-44-37-29(13)21(5)22(6)30(14)38(37)46(51-44)56-48-40-32(16)24(8)23(7)31(15)39(40)47(52-48)55-45-36-28(12)20(4)19(3)27(11)35(36)43(50-45)53-41/h17H2,1-16H3;1-16H3,(H2,49,50,51,52,53,54,55,56). The van der Waals surface area contributed by atoms with E-state index in [2.05, 4.69) is 245 Å². The summed E-state index contributed by atoms with van der Waals surface area (Å²) in [5.74, 6) is 5.15. The van der Waals surface area contributed by atoms with Gasteiger partial charge >= 0.3 is 0 Å². The predicted molar refractivity (Wildman–Crippen MR) is 469 cm³/mol. The average Bonchev–Trinajstić information content (AvgIpc) is 1.49. The Morgan fingerprint density at radius 1 is 0.211 bits per heavy atom. The lowest BCUT2D eigenvalue weighted by Crippen LogP contribution is -2.31. The molecule has 2 N–H and O–H groups in total. The van der Waals surface area contributed by atoms with Gasteiger partial charge in [0.15, 0.2) is 57.5 Å². The molecule has 8 aromatic carbocycles. The maximum Gasteiger partial charge on any atom is 0.256 e. The van der Waals surface area contributed by atoms with Crippen molar-refractivity contribution >= 4 is 116 Å². The molecule has 12 heterocycles. The highest BCUT2D eigenvalue weighted by Crippen LogP contribution is 2.50. The third kappa shape index (κ3) is 8.73. The number of benzene rings is 8. The largest absolute Gasteiger partial charge is 0.367 e. The summed E-state index contributed by atoms with van der Waals surface area (Å²) in [7, 11) is 4.78. The number of nitrogens with zero attached hydrogens (tertiary/aromatic N) is 14. The molecule has 3 aliphatic rings. The Hall–Kier alpha value is -11.8. The Bertz CT molecular complexity index is 7180. The van der Waals surface area contributed by atoms with E-state index in [0.29, 0.717) is 23.3 Å². The Morgan fingerprint density at radius 3 is 0.640 bits per heavy atom. The molecule has 0 spiro atoms. The molecule has 0 unspecified atom stereocenters. The molecule has 0 saturated carbocycles. The molecule has 10 bridgehead atoms. The fourth-order valence-corrected chi connectivity index (χ4v) is 20.5. The second-order valence-electron chi connectivity index (χ2n) is 34.4. The molecule has 20 rings (SSSR count). The topological polar surface area (TPSA) is 177 Å². The molecule has 0 aliphatic carbocycles. The van der Waals surface area contributed by atoms with E-state index in [-0.39, 0.29) is 0 Å². The van der Waals surface area contributed by atoms with Crippen molar-refractivity contribution in [2.75, 3.05) is 0 Å². The molecule has 16 heteroatoms. The second-order valence-corrected chi connectivity index (χ2v) is 34.4. The molecule has 114 heavy (non-hydrogen) atoms. The smallest absolute Gasteiger partial charge is 0.256 e. The molecular formula is C98H100N16. The Morgan fingerprint density at radius 2 is 0.404 bits per heavy atom. The number of hydrogen-bond acceptors (Lipinski definition) is 10. The van der Waals surface area contributed by atoms with Crippen LogP contribution in [0.4, 0.5) is 0 Å². The summed E-state index contributed by atoms with van der Waals surface area (Å²) < 4.78 is 9.01. The third-order valence-corrected chi connectivity index (χ3v) is 30.1. The Kier molecular flexibility index (Phi) is 15.0. The fraction of sp³-hybridized carbons (Fsp3) is 0.327.